The van der Waals surface area contributed by atoms with E-state index in [9.17, 15) is 5.11 Å². The number of nitrogens with zero attached hydrogens (tertiary/aromatic N) is 2. The number of hydrogen-bond donors (Lipinski definition) is 4. The third-order valence-electron chi connectivity index (χ3n) is 4.78. The van der Waals surface area contributed by atoms with Gasteiger partial charge in [0.1, 0.15) is 5.82 Å². The van der Waals surface area contributed by atoms with Crippen molar-refractivity contribution in [2.75, 3.05) is 36.9 Å². The number of aliphatic hydroxyl groups excluding tert-OH is 2. The topological polar surface area (TPSA) is 116 Å². The Morgan fingerprint density at radius 3 is 2.96 bits per heavy atom. The van der Waals surface area contributed by atoms with Crippen LogP contribution in [0.3, 0.4) is 0 Å². The minimum absolute atomic E-state index is 0.0213. The van der Waals surface area contributed by atoms with E-state index in [2.05, 4.69) is 9.88 Å². The summed E-state index contributed by atoms with van der Waals surface area (Å²) in [5.41, 5.74) is 8.88. The van der Waals surface area contributed by atoms with Gasteiger partial charge in [-0.3, -0.25) is 5.41 Å². The van der Waals surface area contributed by atoms with Crippen LogP contribution in [0.15, 0.2) is 36.5 Å². The Morgan fingerprint density at radius 2 is 2.22 bits per heavy atom. The average molecular weight is 370 g/mol. The van der Waals surface area contributed by atoms with Crippen LogP contribution in [0, 0.1) is 5.41 Å². The first-order chi connectivity index (χ1) is 13.0. The number of aromatic nitrogens is 1. The van der Waals surface area contributed by atoms with E-state index in [-0.39, 0.29) is 12.7 Å². The first kappa shape index (κ1) is 19.3. The fourth-order valence-electron chi connectivity index (χ4n) is 3.20. The van der Waals surface area contributed by atoms with Crippen molar-refractivity contribution in [2.45, 2.75) is 25.6 Å². The van der Waals surface area contributed by atoms with Crippen LogP contribution in [0.5, 0.6) is 0 Å². The van der Waals surface area contributed by atoms with Crippen LogP contribution in [-0.2, 0) is 4.74 Å². The Labute approximate surface area is 158 Å². The number of aliphatic hydroxyl groups is 2. The molecule has 0 spiro atoms. The molecule has 5 N–H and O–H groups in total. The second-order valence-electron chi connectivity index (χ2n) is 6.75. The van der Waals surface area contributed by atoms with E-state index < -0.39 is 6.10 Å². The summed E-state index contributed by atoms with van der Waals surface area (Å²) in [4.78, 5) is 6.55. The normalized spacial score (nSPS) is 18.3. The summed E-state index contributed by atoms with van der Waals surface area (Å²) in [5, 5.41) is 27.6. The Morgan fingerprint density at radius 1 is 1.41 bits per heavy atom. The van der Waals surface area contributed by atoms with Crippen molar-refractivity contribution in [3.05, 3.63) is 53.2 Å². The predicted molar refractivity (Wildman–Crippen MR) is 105 cm³/mol. The zero-order chi connectivity index (χ0) is 19.4. The number of hydrogen-bond acceptors (Lipinski definition) is 7. The maximum absolute atomic E-state index is 9.82. The highest BCUT2D eigenvalue weighted by molar-refractivity contribution is 6.14. The SMILES string of the molecule is CC(O)c1ccc(N)c(C(=N)c2ccnc(N3CCOC(CCO)C3)c2)c1. The fourth-order valence-corrected chi connectivity index (χ4v) is 3.20. The maximum atomic E-state index is 9.82. The lowest BCUT2D eigenvalue weighted by Gasteiger charge is -2.33. The minimum atomic E-state index is -0.623. The van der Waals surface area contributed by atoms with Crippen LogP contribution in [0.1, 0.15) is 36.1 Å². The molecule has 1 saturated heterocycles. The van der Waals surface area contributed by atoms with E-state index in [0.717, 1.165) is 11.4 Å². The highest BCUT2D eigenvalue weighted by Gasteiger charge is 2.22. The van der Waals surface area contributed by atoms with Gasteiger partial charge in [0, 0.05) is 42.7 Å². The second kappa shape index (κ2) is 8.47. The molecule has 1 aliphatic rings. The summed E-state index contributed by atoms with van der Waals surface area (Å²) in [6.45, 7) is 3.73. The van der Waals surface area contributed by atoms with Gasteiger partial charge in [0.05, 0.1) is 24.5 Å². The molecule has 1 aromatic heterocycles. The van der Waals surface area contributed by atoms with Gasteiger partial charge < -0.3 is 25.6 Å². The number of nitrogens with two attached hydrogens (primary N) is 1. The quantitative estimate of drug-likeness (QED) is 0.455. The third kappa shape index (κ3) is 4.44. The van der Waals surface area contributed by atoms with Crippen molar-refractivity contribution < 1.29 is 14.9 Å². The molecule has 27 heavy (non-hydrogen) atoms. The van der Waals surface area contributed by atoms with Crippen molar-refractivity contribution >= 4 is 17.2 Å². The summed E-state index contributed by atoms with van der Waals surface area (Å²) >= 11 is 0. The molecular formula is C20H26N4O3. The van der Waals surface area contributed by atoms with Crippen LogP contribution < -0.4 is 10.6 Å². The Bertz CT molecular complexity index is 808. The molecule has 144 valence electrons. The minimum Gasteiger partial charge on any atom is -0.398 e. The van der Waals surface area contributed by atoms with Crippen molar-refractivity contribution in [3.8, 4) is 0 Å². The molecule has 1 aliphatic heterocycles. The van der Waals surface area contributed by atoms with E-state index >= 15 is 0 Å². The van der Waals surface area contributed by atoms with E-state index in [1.165, 1.54) is 0 Å². The van der Waals surface area contributed by atoms with Gasteiger partial charge >= 0.3 is 0 Å². The lowest BCUT2D eigenvalue weighted by atomic mass is 9.98. The Kier molecular flexibility index (Phi) is 6.05. The molecule has 0 bridgehead atoms. The monoisotopic (exact) mass is 370 g/mol. The van der Waals surface area contributed by atoms with Crippen LogP contribution in [0.4, 0.5) is 11.5 Å². The zero-order valence-corrected chi connectivity index (χ0v) is 15.4. The van der Waals surface area contributed by atoms with Crippen molar-refractivity contribution in [1.29, 1.82) is 5.41 Å². The van der Waals surface area contributed by atoms with Crippen LogP contribution in [0.25, 0.3) is 0 Å². The van der Waals surface area contributed by atoms with Crippen LogP contribution in [0.2, 0.25) is 0 Å². The molecule has 2 unspecified atom stereocenters. The summed E-state index contributed by atoms with van der Waals surface area (Å²) in [5.74, 6) is 0.772. The Hall–Kier alpha value is -2.48. The van der Waals surface area contributed by atoms with Crippen LogP contribution in [-0.4, -0.2) is 53.3 Å². The van der Waals surface area contributed by atoms with Gasteiger partial charge in [-0.15, -0.1) is 0 Å². The number of morpholine rings is 1. The maximum Gasteiger partial charge on any atom is 0.129 e. The van der Waals surface area contributed by atoms with E-state index in [4.69, 9.17) is 21.0 Å². The fraction of sp³-hybridized carbons (Fsp3) is 0.400. The number of nitrogens with one attached hydrogen (secondary N) is 1. The van der Waals surface area contributed by atoms with Crippen LogP contribution >= 0.6 is 0 Å². The molecule has 0 radical (unpaired) electrons. The van der Waals surface area contributed by atoms with Gasteiger partial charge in [-0.25, -0.2) is 4.98 Å². The lowest BCUT2D eigenvalue weighted by Crippen LogP contribution is -2.43. The first-order valence-electron chi connectivity index (χ1n) is 9.10. The molecule has 2 aromatic rings. The van der Waals surface area contributed by atoms with Crippen molar-refractivity contribution in [3.63, 3.8) is 0 Å². The number of pyridine rings is 1. The summed E-state index contributed by atoms with van der Waals surface area (Å²) in [7, 11) is 0. The smallest absolute Gasteiger partial charge is 0.129 e. The molecule has 0 aliphatic carbocycles. The largest absolute Gasteiger partial charge is 0.398 e. The lowest BCUT2D eigenvalue weighted by molar-refractivity contribution is 0.0244. The molecule has 3 rings (SSSR count). The number of anilines is 2. The summed E-state index contributed by atoms with van der Waals surface area (Å²) in [6, 6.07) is 8.90. The van der Waals surface area contributed by atoms with Crippen molar-refractivity contribution in [1.82, 2.24) is 4.98 Å². The molecule has 2 heterocycles. The van der Waals surface area contributed by atoms with E-state index in [1.54, 1.807) is 37.4 Å². The van der Waals surface area contributed by atoms with Gasteiger partial charge in [-0.05, 0) is 43.2 Å². The predicted octanol–water partition coefficient (Wildman–Crippen LogP) is 1.72. The molecule has 7 nitrogen and oxygen atoms in total. The number of nitrogen functional groups attached to an aromatic ring is 1. The number of benzene rings is 1. The van der Waals surface area contributed by atoms with Crippen molar-refractivity contribution in [2.24, 2.45) is 0 Å². The molecule has 7 heteroatoms. The highest BCUT2D eigenvalue weighted by atomic mass is 16.5. The van der Waals surface area contributed by atoms with E-state index in [1.807, 2.05) is 6.07 Å². The van der Waals surface area contributed by atoms with E-state index in [0.29, 0.717) is 48.6 Å². The Balaban J connectivity index is 1.85. The van der Waals surface area contributed by atoms with Gasteiger partial charge in [-0.1, -0.05) is 6.07 Å². The average Bonchev–Trinajstić information content (AvgIpc) is 2.68. The molecule has 0 amide bonds. The molecule has 0 saturated carbocycles. The first-order valence-corrected chi connectivity index (χ1v) is 9.10. The second-order valence-corrected chi connectivity index (χ2v) is 6.75. The standard InChI is InChI=1S/C20H26N4O3/c1-13(26)14-2-3-18(21)17(10-14)20(22)15-4-6-23-19(11-15)24-7-9-27-16(12-24)5-8-25/h2-4,6,10-11,13,16,22,25-26H,5,7-9,12,21H2,1H3. The van der Waals surface area contributed by atoms with Gasteiger partial charge in [0.15, 0.2) is 0 Å². The summed E-state index contributed by atoms with van der Waals surface area (Å²) < 4.78 is 5.66. The van der Waals surface area contributed by atoms with Gasteiger partial charge in [-0.2, -0.15) is 0 Å². The third-order valence-corrected chi connectivity index (χ3v) is 4.78. The number of rotatable bonds is 6. The van der Waals surface area contributed by atoms with Gasteiger partial charge in [0.2, 0.25) is 0 Å². The highest BCUT2D eigenvalue weighted by Crippen LogP contribution is 2.24. The zero-order valence-electron chi connectivity index (χ0n) is 15.4. The molecular weight excluding hydrogens is 344 g/mol. The molecule has 1 aromatic carbocycles. The number of ether oxygens (including phenoxy) is 1. The molecule has 1 fully saturated rings. The summed E-state index contributed by atoms with van der Waals surface area (Å²) in [6.07, 6.45) is 1.63. The van der Waals surface area contributed by atoms with Gasteiger partial charge in [0.25, 0.3) is 0 Å². The molecule has 2 atom stereocenters.